The quantitative estimate of drug-likeness (QED) is 0.525. The zero-order chi connectivity index (χ0) is 26.8. The van der Waals surface area contributed by atoms with E-state index in [0.717, 1.165) is 25.9 Å². The Bertz CT molecular complexity index is 1060. The molecule has 0 saturated carbocycles. The Morgan fingerprint density at radius 3 is 2.49 bits per heavy atom. The van der Waals surface area contributed by atoms with Gasteiger partial charge in [0, 0.05) is 51.9 Å². The predicted molar refractivity (Wildman–Crippen MR) is 140 cm³/mol. The van der Waals surface area contributed by atoms with E-state index in [9.17, 15) is 18.4 Å². The molecule has 3 aliphatic rings. The number of morpholine rings is 1. The molecule has 13 heteroatoms. The maximum absolute atomic E-state index is 13.6. The van der Waals surface area contributed by atoms with Crippen molar-refractivity contribution in [2.24, 2.45) is 0 Å². The highest BCUT2D eigenvalue weighted by Gasteiger charge is 2.42. The van der Waals surface area contributed by atoms with Crippen LogP contribution in [0.15, 0.2) is 23.1 Å². The monoisotopic (exact) mass is 578 g/mol. The SMILES string of the molecule is CC1(C)CN(S(=O)(=O)c2cccc(Cl)c2Cl)[C@H](COCC(=O)N2CCN(C3CCN(O)CC3)CC2)CO1. The van der Waals surface area contributed by atoms with E-state index in [1.807, 2.05) is 13.8 Å². The average molecular weight is 580 g/mol. The van der Waals surface area contributed by atoms with Crippen LogP contribution < -0.4 is 0 Å². The minimum Gasteiger partial charge on any atom is -0.372 e. The van der Waals surface area contributed by atoms with Crippen molar-refractivity contribution in [2.45, 2.75) is 49.3 Å². The Morgan fingerprint density at radius 2 is 1.81 bits per heavy atom. The van der Waals surface area contributed by atoms with Gasteiger partial charge in [-0.1, -0.05) is 29.3 Å². The molecule has 37 heavy (non-hydrogen) atoms. The second kappa shape index (κ2) is 12.0. The summed E-state index contributed by atoms with van der Waals surface area (Å²) in [7, 11) is -3.99. The Balaban J connectivity index is 1.32. The number of amides is 1. The van der Waals surface area contributed by atoms with E-state index in [2.05, 4.69) is 4.90 Å². The van der Waals surface area contributed by atoms with Crippen LogP contribution in [0, 0.1) is 0 Å². The number of rotatable bonds is 7. The van der Waals surface area contributed by atoms with Crippen molar-refractivity contribution in [2.75, 3.05) is 65.6 Å². The van der Waals surface area contributed by atoms with E-state index in [-0.39, 0.29) is 47.2 Å². The van der Waals surface area contributed by atoms with Gasteiger partial charge in [-0.15, -0.1) is 0 Å². The summed E-state index contributed by atoms with van der Waals surface area (Å²) in [5.41, 5.74) is -0.697. The van der Waals surface area contributed by atoms with Gasteiger partial charge in [0.05, 0.1) is 34.9 Å². The van der Waals surface area contributed by atoms with Gasteiger partial charge >= 0.3 is 0 Å². The fraction of sp³-hybridized carbons (Fsp3) is 0.708. The van der Waals surface area contributed by atoms with E-state index in [1.54, 1.807) is 11.0 Å². The predicted octanol–water partition coefficient (Wildman–Crippen LogP) is 2.18. The van der Waals surface area contributed by atoms with Gasteiger partial charge in [0.2, 0.25) is 15.9 Å². The van der Waals surface area contributed by atoms with Crippen LogP contribution in [0.5, 0.6) is 0 Å². The molecule has 3 heterocycles. The summed E-state index contributed by atoms with van der Waals surface area (Å²) >= 11 is 12.3. The first-order chi connectivity index (χ1) is 17.5. The zero-order valence-electron chi connectivity index (χ0n) is 21.3. The maximum Gasteiger partial charge on any atom is 0.248 e. The topological polar surface area (TPSA) is 103 Å². The molecule has 10 nitrogen and oxygen atoms in total. The van der Waals surface area contributed by atoms with Gasteiger partial charge in [-0.05, 0) is 38.8 Å². The van der Waals surface area contributed by atoms with Crippen molar-refractivity contribution >= 4 is 39.1 Å². The van der Waals surface area contributed by atoms with Crippen LogP contribution in [-0.2, 0) is 24.3 Å². The molecular weight excluding hydrogens is 543 g/mol. The molecule has 0 aromatic heterocycles. The van der Waals surface area contributed by atoms with E-state index < -0.39 is 21.7 Å². The number of carbonyl (C=O) groups is 1. The third-order valence-electron chi connectivity index (χ3n) is 7.27. The zero-order valence-corrected chi connectivity index (χ0v) is 23.6. The molecule has 0 unspecified atom stereocenters. The van der Waals surface area contributed by atoms with Gasteiger partial charge in [0.25, 0.3) is 0 Å². The van der Waals surface area contributed by atoms with Crippen LogP contribution in [0.4, 0.5) is 0 Å². The van der Waals surface area contributed by atoms with Gasteiger partial charge in [-0.25, -0.2) is 8.42 Å². The second-order valence-corrected chi connectivity index (χ2v) is 13.1. The number of sulfonamides is 1. The minimum atomic E-state index is -3.99. The van der Waals surface area contributed by atoms with Crippen molar-refractivity contribution in [3.05, 3.63) is 28.2 Å². The lowest BCUT2D eigenvalue weighted by Gasteiger charge is -2.43. The molecule has 0 spiro atoms. The number of benzene rings is 1. The summed E-state index contributed by atoms with van der Waals surface area (Å²) in [5.74, 6) is -0.117. The van der Waals surface area contributed by atoms with E-state index in [4.69, 9.17) is 32.7 Å². The van der Waals surface area contributed by atoms with Crippen LogP contribution in [0.3, 0.4) is 0 Å². The minimum absolute atomic E-state index is 0.0128. The lowest BCUT2D eigenvalue weighted by molar-refractivity contribution is -0.142. The number of hydroxylamine groups is 2. The number of nitrogens with zero attached hydrogens (tertiary/aromatic N) is 4. The maximum atomic E-state index is 13.6. The Morgan fingerprint density at radius 1 is 1.14 bits per heavy atom. The van der Waals surface area contributed by atoms with Crippen molar-refractivity contribution in [3.63, 3.8) is 0 Å². The molecule has 3 aliphatic heterocycles. The summed E-state index contributed by atoms with van der Waals surface area (Å²) < 4.78 is 40.1. The van der Waals surface area contributed by atoms with Crippen molar-refractivity contribution in [3.8, 4) is 0 Å². The number of ether oxygens (including phenoxy) is 2. The molecule has 3 saturated heterocycles. The standard InChI is InChI=1S/C24H36Cl2N4O6S/c1-24(2)17-30(37(33,34)21-5-3-4-20(25)23(21)26)19(15-36-24)14-35-16-22(31)28-12-10-27(11-13-28)18-6-8-29(32)9-7-18/h3-5,18-19,32H,6-17H2,1-2H3/t19-/m1/s1. The molecule has 208 valence electrons. The average Bonchev–Trinajstić information content (AvgIpc) is 2.86. The summed E-state index contributed by atoms with van der Waals surface area (Å²) in [6.45, 7) is 7.94. The lowest BCUT2D eigenvalue weighted by atomic mass is 10.0. The van der Waals surface area contributed by atoms with Crippen molar-refractivity contribution in [1.82, 2.24) is 19.2 Å². The van der Waals surface area contributed by atoms with Crippen LogP contribution in [0.2, 0.25) is 10.0 Å². The largest absolute Gasteiger partial charge is 0.372 e. The normalized spacial score (nSPS) is 24.9. The number of hydrogen-bond acceptors (Lipinski definition) is 8. The van der Waals surface area contributed by atoms with E-state index >= 15 is 0 Å². The second-order valence-electron chi connectivity index (χ2n) is 10.4. The van der Waals surface area contributed by atoms with Gasteiger partial charge in [-0.2, -0.15) is 9.37 Å². The first-order valence-electron chi connectivity index (χ1n) is 12.6. The lowest BCUT2D eigenvalue weighted by Crippen LogP contribution is -2.57. The fourth-order valence-corrected chi connectivity index (χ4v) is 7.59. The van der Waals surface area contributed by atoms with Crippen molar-refractivity contribution < 1.29 is 27.9 Å². The van der Waals surface area contributed by atoms with Gasteiger partial charge in [-0.3, -0.25) is 9.69 Å². The number of piperidine rings is 1. The molecule has 1 N–H and O–H groups in total. The van der Waals surface area contributed by atoms with Crippen LogP contribution >= 0.6 is 23.2 Å². The molecule has 4 rings (SSSR count). The molecule has 0 aliphatic carbocycles. The highest BCUT2D eigenvalue weighted by Crippen LogP contribution is 2.34. The molecule has 1 atom stereocenters. The van der Waals surface area contributed by atoms with Crippen LogP contribution in [0.1, 0.15) is 26.7 Å². The smallest absolute Gasteiger partial charge is 0.248 e. The molecule has 3 fully saturated rings. The number of carbonyl (C=O) groups excluding carboxylic acids is 1. The number of hydrogen-bond donors (Lipinski definition) is 1. The third kappa shape index (κ3) is 6.95. The summed E-state index contributed by atoms with van der Waals surface area (Å²) in [4.78, 5) is 16.9. The molecular formula is C24H36Cl2N4O6S. The molecule has 1 aromatic rings. The highest BCUT2D eigenvalue weighted by atomic mass is 35.5. The molecule has 1 amide bonds. The summed E-state index contributed by atoms with van der Waals surface area (Å²) in [6.07, 6.45) is 1.85. The Kier molecular flexibility index (Phi) is 9.41. The number of halogens is 2. The first kappa shape index (κ1) is 29.0. The van der Waals surface area contributed by atoms with Crippen LogP contribution in [0.25, 0.3) is 0 Å². The number of piperazine rings is 1. The van der Waals surface area contributed by atoms with Gasteiger partial charge in [0.1, 0.15) is 11.5 Å². The Hall–Kier alpha value is -1.02. The Labute approximate surface area is 229 Å². The van der Waals surface area contributed by atoms with E-state index in [1.165, 1.54) is 21.5 Å². The van der Waals surface area contributed by atoms with Crippen molar-refractivity contribution in [1.29, 1.82) is 0 Å². The van der Waals surface area contributed by atoms with Crippen LogP contribution in [-0.4, -0.2) is 122 Å². The molecule has 1 aromatic carbocycles. The molecule has 0 radical (unpaired) electrons. The van der Waals surface area contributed by atoms with Gasteiger partial charge in [0.15, 0.2) is 0 Å². The third-order valence-corrected chi connectivity index (χ3v) is 10.1. The first-order valence-corrected chi connectivity index (χ1v) is 14.8. The molecule has 0 bridgehead atoms. The fourth-order valence-electron chi connectivity index (χ4n) is 5.10. The summed E-state index contributed by atoms with van der Waals surface area (Å²) in [6, 6.07) is 4.34. The summed E-state index contributed by atoms with van der Waals surface area (Å²) in [5, 5.41) is 11.1. The highest BCUT2D eigenvalue weighted by molar-refractivity contribution is 7.89. The van der Waals surface area contributed by atoms with E-state index in [0.29, 0.717) is 32.2 Å². The van der Waals surface area contributed by atoms with Gasteiger partial charge < -0.3 is 19.6 Å².